The molecule has 2 aliphatic rings. The van der Waals surface area contributed by atoms with Crippen molar-refractivity contribution in [3.05, 3.63) is 47.5 Å². The molecule has 1 aliphatic carbocycles. The maximum atomic E-state index is 14.5. The van der Waals surface area contributed by atoms with Crippen LogP contribution in [0.15, 0.2) is 35.6 Å². The minimum atomic E-state index is -1.26. The molecule has 28 heavy (non-hydrogen) atoms. The number of imidazole rings is 1. The Hall–Kier alpha value is -3.02. The van der Waals surface area contributed by atoms with Crippen LogP contribution in [0.2, 0.25) is 0 Å². The first-order chi connectivity index (χ1) is 13.6. The van der Waals surface area contributed by atoms with Crippen LogP contribution in [0.25, 0.3) is 22.2 Å². The van der Waals surface area contributed by atoms with Gasteiger partial charge < -0.3 is 9.67 Å². The molecule has 0 unspecified atom stereocenters. The minimum absolute atomic E-state index is 0.279. The lowest BCUT2D eigenvalue weighted by molar-refractivity contribution is 0.0691. The van der Waals surface area contributed by atoms with Crippen LogP contribution in [0, 0.1) is 5.82 Å². The fourth-order valence-electron chi connectivity index (χ4n) is 4.57. The Kier molecular flexibility index (Phi) is 4.00. The SMILES string of the molecule is O=C(O)c1c(F)cc(-c2ccc3c(c2)ncn3C2CCCCC2)c2c1CC=N2. The molecule has 6 heteroatoms. The second-order valence-corrected chi connectivity index (χ2v) is 7.58. The molecule has 0 bridgehead atoms. The number of halogens is 1. The summed E-state index contributed by atoms with van der Waals surface area (Å²) in [5.74, 6) is -1.98. The molecule has 5 rings (SSSR count). The van der Waals surface area contributed by atoms with Crippen molar-refractivity contribution >= 4 is 28.9 Å². The quantitative estimate of drug-likeness (QED) is 0.673. The van der Waals surface area contributed by atoms with Crippen LogP contribution in [0.3, 0.4) is 0 Å². The number of aromatic nitrogens is 2. The number of benzene rings is 2. The van der Waals surface area contributed by atoms with E-state index in [1.807, 2.05) is 24.5 Å². The van der Waals surface area contributed by atoms with Gasteiger partial charge in [0.1, 0.15) is 11.4 Å². The number of fused-ring (bicyclic) bond motifs is 2. The molecule has 2 aromatic carbocycles. The average Bonchev–Trinajstić information content (AvgIpc) is 3.34. The second-order valence-electron chi connectivity index (χ2n) is 7.58. The largest absolute Gasteiger partial charge is 0.478 e. The molecule has 2 heterocycles. The van der Waals surface area contributed by atoms with E-state index in [9.17, 15) is 14.3 Å². The highest BCUT2D eigenvalue weighted by Gasteiger charge is 2.25. The fraction of sp³-hybridized carbons (Fsp3) is 0.318. The van der Waals surface area contributed by atoms with Crippen molar-refractivity contribution in [3.8, 4) is 11.1 Å². The Morgan fingerprint density at radius 2 is 2.00 bits per heavy atom. The predicted molar refractivity (Wildman–Crippen MR) is 106 cm³/mol. The van der Waals surface area contributed by atoms with Crippen LogP contribution in [-0.2, 0) is 6.42 Å². The summed E-state index contributed by atoms with van der Waals surface area (Å²) in [5.41, 5.74) is 4.06. The van der Waals surface area contributed by atoms with E-state index in [0.29, 0.717) is 29.3 Å². The number of hydrogen-bond donors (Lipinski definition) is 1. The first kappa shape index (κ1) is 17.1. The molecule has 0 atom stereocenters. The Morgan fingerprint density at radius 3 is 2.79 bits per heavy atom. The second kappa shape index (κ2) is 6.55. The highest BCUT2D eigenvalue weighted by molar-refractivity contribution is 5.99. The van der Waals surface area contributed by atoms with Gasteiger partial charge in [0.05, 0.1) is 23.0 Å². The number of aromatic carboxylic acids is 1. The van der Waals surface area contributed by atoms with Gasteiger partial charge in [0, 0.05) is 29.8 Å². The van der Waals surface area contributed by atoms with Crippen LogP contribution in [0.5, 0.6) is 0 Å². The zero-order valence-corrected chi connectivity index (χ0v) is 15.4. The topological polar surface area (TPSA) is 67.5 Å². The van der Waals surface area contributed by atoms with Gasteiger partial charge in [-0.1, -0.05) is 25.3 Å². The summed E-state index contributed by atoms with van der Waals surface area (Å²) in [6, 6.07) is 7.70. The van der Waals surface area contributed by atoms with E-state index in [1.165, 1.54) is 38.2 Å². The molecular formula is C22H20FN3O2. The number of rotatable bonds is 3. The van der Waals surface area contributed by atoms with Crippen molar-refractivity contribution in [2.75, 3.05) is 0 Å². The van der Waals surface area contributed by atoms with Crippen LogP contribution in [0.1, 0.15) is 54.1 Å². The summed E-state index contributed by atoms with van der Waals surface area (Å²) < 4.78 is 16.8. The van der Waals surface area contributed by atoms with Gasteiger partial charge in [-0.25, -0.2) is 14.2 Å². The molecule has 142 valence electrons. The van der Waals surface area contributed by atoms with Gasteiger partial charge in [-0.15, -0.1) is 0 Å². The Labute approximate surface area is 161 Å². The number of hydrogen-bond acceptors (Lipinski definition) is 3. The van der Waals surface area contributed by atoms with Gasteiger partial charge in [0.15, 0.2) is 0 Å². The first-order valence-corrected chi connectivity index (χ1v) is 9.71. The van der Waals surface area contributed by atoms with Crippen molar-refractivity contribution in [2.24, 2.45) is 4.99 Å². The molecule has 0 radical (unpaired) electrons. The maximum Gasteiger partial charge on any atom is 0.339 e. The molecule has 1 N–H and O–H groups in total. The lowest BCUT2D eigenvalue weighted by Gasteiger charge is -2.23. The first-order valence-electron chi connectivity index (χ1n) is 9.71. The summed E-state index contributed by atoms with van der Waals surface area (Å²) in [7, 11) is 0. The predicted octanol–water partition coefficient (Wildman–Crippen LogP) is 5.30. The summed E-state index contributed by atoms with van der Waals surface area (Å²) in [4.78, 5) is 20.4. The molecule has 1 aliphatic heterocycles. The van der Waals surface area contributed by atoms with E-state index < -0.39 is 11.8 Å². The number of nitrogens with zero attached hydrogens (tertiary/aromatic N) is 3. The maximum absolute atomic E-state index is 14.5. The molecule has 3 aromatic rings. The van der Waals surface area contributed by atoms with Gasteiger partial charge in [0.25, 0.3) is 0 Å². The molecule has 0 amide bonds. The van der Waals surface area contributed by atoms with Crippen molar-refractivity contribution in [3.63, 3.8) is 0 Å². The average molecular weight is 377 g/mol. The summed E-state index contributed by atoms with van der Waals surface area (Å²) in [6.07, 6.45) is 10.0. The van der Waals surface area contributed by atoms with E-state index in [0.717, 1.165) is 16.6 Å². The smallest absolute Gasteiger partial charge is 0.339 e. The van der Waals surface area contributed by atoms with Crippen molar-refractivity contribution in [1.82, 2.24) is 9.55 Å². The molecule has 0 spiro atoms. The van der Waals surface area contributed by atoms with Gasteiger partial charge in [-0.2, -0.15) is 0 Å². The Bertz CT molecular complexity index is 1130. The summed E-state index contributed by atoms with van der Waals surface area (Å²) in [6.45, 7) is 0. The van der Waals surface area contributed by atoms with Crippen LogP contribution in [0.4, 0.5) is 10.1 Å². The van der Waals surface area contributed by atoms with Crippen LogP contribution in [-0.4, -0.2) is 26.8 Å². The lowest BCUT2D eigenvalue weighted by Crippen LogP contribution is -2.11. The number of carbonyl (C=O) groups is 1. The van der Waals surface area contributed by atoms with E-state index in [-0.39, 0.29) is 5.56 Å². The van der Waals surface area contributed by atoms with Gasteiger partial charge in [-0.05, 0) is 36.6 Å². The molecular weight excluding hydrogens is 357 g/mol. The zero-order valence-electron chi connectivity index (χ0n) is 15.4. The minimum Gasteiger partial charge on any atom is -0.478 e. The molecule has 1 saturated carbocycles. The van der Waals surface area contributed by atoms with E-state index in [4.69, 9.17) is 0 Å². The zero-order chi connectivity index (χ0) is 19.3. The van der Waals surface area contributed by atoms with Crippen molar-refractivity contribution in [1.29, 1.82) is 0 Å². The third-order valence-corrected chi connectivity index (χ3v) is 5.94. The monoisotopic (exact) mass is 377 g/mol. The Balaban J connectivity index is 1.61. The Morgan fingerprint density at radius 1 is 1.18 bits per heavy atom. The van der Waals surface area contributed by atoms with Crippen LogP contribution < -0.4 is 0 Å². The van der Waals surface area contributed by atoms with E-state index >= 15 is 0 Å². The highest BCUT2D eigenvalue weighted by Crippen LogP contribution is 2.40. The fourth-order valence-corrected chi connectivity index (χ4v) is 4.57. The number of aliphatic imine (C=N–C) groups is 1. The third kappa shape index (κ3) is 2.63. The van der Waals surface area contributed by atoms with E-state index in [2.05, 4.69) is 14.5 Å². The summed E-state index contributed by atoms with van der Waals surface area (Å²) in [5, 5.41) is 9.35. The van der Waals surface area contributed by atoms with Gasteiger partial charge >= 0.3 is 5.97 Å². The van der Waals surface area contributed by atoms with Crippen molar-refractivity contribution < 1.29 is 14.3 Å². The molecule has 5 nitrogen and oxygen atoms in total. The van der Waals surface area contributed by atoms with Crippen molar-refractivity contribution in [2.45, 2.75) is 44.6 Å². The normalized spacial score (nSPS) is 16.6. The number of carboxylic acids is 1. The third-order valence-electron chi connectivity index (χ3n) is 5.94. The molecule has 1 aromatic heterocycles. The van der Waals surface area contributed by atoms with Gasteiger partial charge in [-0.3, -0.25) is 4.99 Å². The van der Waals surface area contributed by atoms with E-state index in [1.54, 1.807) is 6.21 Å². The molecule has 1 fully saturated rings. The molecule has 0 saturated heterocycles. The standard InChI is InChI=1S/C22H20FN3O2/c23-17-11-16(21-15(8-9-24-21)20(17)22(27)28)13-6-7-19-18(10-13)25-12-26(19)14-4-2-1-3-5-14/h6-7,9-12,14H,1-5,8H2,(H,27,28). The van der Waals surface area contributed by atoms with Crippen LogP contribution >= 0.6 is 0 Å². The summed E-state index contributed by atoms with van der Waals surface area (Å²) >= 11 is 0. The van der Waals surface area contributed by atoms with Gasteiger partial charge in [0.2, 0.25) is 0 Å². The lowest BCUT2D eigenvalue weighted by atomic mass is 9.94. The number of carboxylic acid groups (broad SMARTS) is 1. The highest BCUT2D eigenvalue weighted by atomic mass is 19.1.